The van der Waals surface area contributed by atoms with Gasteiger partial charge < -0.3 is 10.2 Å². The van der Waals surface area contributed by atoms with Crippen LogP contribution in [0, 0.1) is 13.8 Å². The minimum Gasteiger partial charge on any atom is -0.340 e. The molecule has 1 atom stereocenters. The fourth-order valence-electron chi connectivity index (χ4n) is 3.95. The first-order chi connectivity index (χ1) is 15.0. The molecule has 1 unspecified atom stereocenters. The first-order valence-corrected chi connectivity index (χ1v) is 10.6. The van der Waals surface area contributed by atoms with E-state index in [1.165, 1.54) is 0 Å². The van der Waals surface area contributed by atoms with Crippen LogP contribution in [0.4, 0.5) is 11.5 Å². The van der Waals surface area contributed by atoms with Gasteiger partial charge in [0.25, 0.3) is 0 Å². The second kappa shape index (κ2) is 9.12. The topological polar surface area (TPSA) is 75.9 Å². The summed E-state index contributed by atoms with van der Waals surface area (Å²) >= 11 is 0. The molecule has 1 aliphatic rings. The smallest absolute Gasteiger partial charge is 0.246 e. The Morgan fingerprint density at radius 1 is 1.29 bits per heavy atom. The van der Waals surface area contributed by atoms with E-state index in [1.54, 1.807) is 23.2 Å². The Hall–Kier alpha value is -3.48. The fraction of sp³-hybridized carbons (Fsp3) is 0.333. The average Bonchev–Trinajstić information content (AvgIpc) is 3.18. The number of hydrogen-bond acceptors (Lipinski definition) is 5. The standard InChI is InChI=1S/C24H28N6O/c1-17-6-4-10-25-24(17)28-21-12-18(2)27-22(13-21)20-7-5-11-30(16-20)23(31)9-8-19-14-26-29(3)15-19/h4,6,8-10,12-15,20H,5,7,11,16H2,1-3H3,(H,25,27,28)/b9-8+. The quantitative estimate of drug-likeness (QED) is 0.637. The first-order valence-electron chi connectivity index (χ1n) is 10.6. The van der Waals surface area contributed by atoms with Crippen molar-refractivity contribution in [2.45, 2.75) is 32.6 Å². The van der Waals surface area contributed by atoms with E-state index in [4.69, 9.17) is 4.98 Å². The number of carbonyl (C=O) groups is 1. The van der Waals surface area contributed by atoms with Gasteiger partial charge in [0.15, 0.2) is 0 Å². The summed E-state index contributed by atoms with van der Waals surface area (Å²) in [5.74, 6) is 1.10. The van der Waals surface area contributed by atoms with Gasteiger partial charge in [0, 0.05) is 67.2 Å². The molecular weight excluding hydrogens is 388 g/mol. The molecule has 160 valence electrons. The van der Waals surface area contributed by atoms with Crippen molar-refractivity contribution >= 4 is 23.5 Å². The Kier molecular flexibility index (Phi) is 6.11. The van der Waals surface area contributed by atoms with Crippen molar-refractivity contribution in [3.63, 3.8) is 0 Å². The summed E-state index contributed by atoms with van der Waals surface area (Å²) in [4.78, 5) is 23.9. The van der Waals surface area contributed by atoms with Crippen LogP contribution >= 0.6 is 0 Å². The second-order valence-corrected chi connectivity index (χ2v) is 8.12. The van der Waals surface area contributed by atoms with Crippen LogP contribution in [0.5, 0.6) is 0 Å². The molecule has 4 heterocycles. The van der Waals surface area contributed by atoms with Gasteiger partial charge in [-0.25, -0.2) is 4.98 Å². The molecule has 3 aromatic rings. The van der Waals surface area contributed by atoms with Gasteiger partial charge in [-0.2, -0.15) is 5.10 Å². The Morgan fingerprint density at radius 2 is 2.16 bits per heavy atom. The van der Waals surface area contributed by atoms with E-state index in [0.717, 1.165) is 53.4 Å². The molecule has 0 bridgehead atoms. The summed E-state index contributed by atoms with van der Waals surface area (Å²) in [5.41, 5.74) is 4.96. The molecule has 1 saturated heterocycles. The predicted octanol–water partition coefficient (Wildman–Crippen LogP) is 3.99. The lowest BCUT2D eigenvalue weighted by molar-refractivity contribution is -0.127. The maximum absolute atomic E-state index is 12.7. The predicted molar refractivity (Wildman–Crippen MR) is 122 cm³/mol. The van der Waals surface area contributed by atoms with Crippen LogP contribution in [-0.2, 0) is 11.8 Å². The molecule has 0 aliphatic carbocycles. The zero-order valence-corrected chi connectivity index (χ0v) is 18.2. The van der Waals surface area contributed by atoms with Gasteiger partial charge in [-0.1, -0.05) is 6.07 Å². The molecule has 1 N–H and O–H groups in total. The number of likely N-dealkylation sites (tertiary alicyclic amines) is 1. The lowest BCUT2D eigenvalue weighted by atomic mass is 9.93. The number of rotatable bonds is 5. The molecular formula is C24H28N6O. The summed E-state index contributed by atoms with van der Waals surface area (Å²) in [5, 5.41) is 7.55. The van der Waals surface area contributed by atoms with Crippen molar-refractivity contribution < 1.29 is 4.79 Å². The number of piperidine rings is 1. The van der Waals surface area contributed by atoms with Crippen LogP contribution in [0.1, 0.15) is 41.3 Å². The van der Waals surface area contributed by atoms with Crippen LogP contribution in [0.25, 0.3) is 6.08 Å². The molecule has 0 radical (unpaired) electrons. The highest BCUT2D eigenvalue weighted by Crippen LogP contribution is 2.29. The van der Waals surface area contributed by atoms with Crippen molar-refractivity contribution in [1.82, 2.24) is 24.6 Å². The summed E-state index contributed by atoms with van der Waals surface area (Å²) in [6, 6.07) is 8.08. The Balaban J connectivity index is 1.47. The van der Waals surface area contributed by atoms with Crippen LogP contribution in [0.2, 0.25) is 0 Å². The van der Waals surface area contributed by atoms with Crippen molar-refractivity contribution in [3.8, 4) is 0 Å². The van der Waals surface area contributed by atoms with Gasteiger partial charge in [0.05, 0.1) is 6.20 Å². The molecule has 1 aliphatic heterocycles. The molecule has 0 aromatic carbocycles. The normalized spacial score (nSPS) is 16.6. The van der Waals surface area contributed by atoms with E-state index in [2.05, 4.69) is 21.5 Å². The molecule has 0 saturated carbocycles. The number of pyridine rings is 2. The zero-order valence-electron chi connectivity index (χ0n) is 18.2. The molecule has 7 nitrogen and oxygen atoms in total. The van der Waals surface area contributed by atoms with Crippen LogP contribution in [0.15, 0.2) is 48.9 Å². The number of aromatic nitrogens is 4. The molecule has 3 aromatic heterocycles. The molecule has 4 rings (SSSR count). The fourth-order valence-corrected chi connectivity index (χ4v) is 3.95. The summed E-state index contributed by atoms with van der Waals surface area (Å²) in [6.07, 6.45) is 10.9. The van der Waals surface area contributed by atoms with E-state index in [-0.39, 0.29) is 11.8 Å². The lowest BCUT2D eigenvalue weighted by Crippen LogP contribution is -2.38. The number of amides is 1. The van der Waals surface area contributed by atoms with Gasteiger partial charge in [0.1, 0.15) is 5.82 Å². The van der Waals surface area contributed by atoms with E-state index >= 15 is 0 Å². The summed E-state index contributed by atoms with van der Waals surface area (Å²) < 4.78 is 1.72. The third-order valence-electron chi connectivity index (χ3n) is 5.54. The Morgan fingerprint density at radius 3 is 2.94 bits per heavy atom. The number of anilines is 2. The van der Waals surface area contributed by atoms with Gasteiger partial charge in [-0.3, -0.25) is 14.5 Å². The molecule has 0 spiro atoms. The van der Waals surface area contributed by atoms with E-state index in [9.17, 15) is 4.79 Å². The minimum absolute atomic E-state index is 0.0312. The third kappa shape index (κ3) is 5.17. The third-order valence-corrected chi connectivity index (χ3v) is 5.54. The van der Waals surface area contributed by atoms with Gasteiger partial charge in [-0.15, -0.1) is 0 Å². The SMILES string of the molecule is Cc1cc(Nc2ncccc2C)cc(C2CCCN(C(=O)/C=C/c3cnn(C)c3)C2)n1. The lowest BCUT2D eigenvalue weighted by Gasteiger charge is -2.32. The minimum atomic E-state index is 0.0312. The second-order valence-electron chi connectivity index (χ2n) is 8.12. The van der Waals surface area contributed by atoms with Gasteiger partial charge in [0.2, 0.25) is 5.91 Å². The Labute approximate surface area is 182 Å². The van der Waals surface area contributed by atoms with E-state index < -0.39 is 0 Å². The number of nitrogens with zero attached hydrogens (tertiary/aromatic N) is 5. The molecule has 1 amide bonds. The Bertz CT molecular complexity index is 1100. The first kappa shape index (κ1) is 20.8. The van der Waals surface area contributed by atoms with E-state index in [0.29, 0.717) is 6.54 Å². The van der Waals surface area contributed by atoms with Crippen LogP contribution < -0.4 is 5.32 Å². The number of hydrogen-bond donors (Lipinski definition) is 1. The number of carbonyl (C=O) groups excluding carboxylic acids is 1. The highest BCUT2D eigenvalue weighted by Gasteiger charge is 2.25. The highest BCUT2D eigenvalue weighted by molar-refractivity contribution is 5.91. The van der Waals surface area contributed by atoms with E-state index in [1.807, 2.05) is 56.3 Å². The average molecular weight is 417 g/mol. The van der Waals surface area contributed by atoms with Gasteiger partial charge >= 0.3 is 0 Å². The summed E-state index contributed by atoms with van der Waals surface area (Å²) in [6.45, 7) is 5.49. The van der Waals surface area contributed by atoms with Crippen molar-refractivity contribution in [2.24, 2.45) is 7.05 Å². The summed E-state index contributed by atoms with van der Waals surface area (Å²) in [7, 11) is 1.86. The number of nitrogens with one attached hydrogen (secondary N) is 1. The molecule has 31 heavy (non-hydrogen) atoms. The molecule has 7 heteroatoms. The number of aryl methyl sites for hydroxylation is 3. The van der Waals surface area contributed by atoms with Crippen LogP contribution in [-0.4, -0.2) is 43.6 Å². The maximum Gasteiger partial charge on any atom is 0.246 e. The van der Waals surface area contributed by atoms with Gasteiger partial charge in [-0.05, 0) is 56.5 Å². The monoisotopic (exact) mass is 416 g/mol. The van der Waals surface area contributed by atoms with Crippen molar-refractivity contribution in [2.75, 3.05) is 18.4 Å². The largest absolute Gasteiger partial charge is 0.340 e. The van der Waals surface area contributed by atoms with Crippen molar-refractivity contribution in [3.05, 3.63) is 71.4 Å². The van der Waals surface area contributed by atoms with Crippen LogP contribution in [0.3, 0.4) is 0 Å². The molecule has 1 fully saturated rings. The highest BCUT2D eigenvalue weighted by atomic mass is 16.2. The van der Waals surface area contributed by atoms with Crippen molar-refractivity contribution in [1.29, 1.82) is 0 Å². The zero-order chi connectivity index (χ0) is 21.8. The maximum atomic E-state index is 12.7.